The van der Waals surface area contributed by atoms with Crippen molar-refractivity contribution in [2.45, 2.75) is 0 Å². The van der Waals surface area contributed by atoms with Crippen molar-refractivity contribution in [2.24, 2.45) is 0 Å². The first-order chi connectivity index (χ1) is 6.57. The van der Waals surface area contributed by atoms with E-state index in [1.807, 2.05) is 5.92 Å². The molecule has 0 fully saturated rings. The molecular weight excluding hydrogens is 200 g/mol. The molecule has 0 bridgehead atoms. The van der Waals surface area contributed by atoms with Gasteiger partial charge >= 0.3 is 0 Å². The van der Waals surface area contributed by atoms with Gasteiger partial charge in [0.2, 0.25) is 11.6 Å². The molecular formula is C9H3F4O. The van der Waals surface area contributed by atoms with Crippen LogP contribution < -0.4 is 4.74 Å². The second-order valence-corrected chi connectivity index (χ2v) is 2.20. The number of hydrogen-bond donors (Lipinski definition) is 0. The standard InChI is InChI=1S/C9H3F4O/c1-2-3-14-6-4-5(10)7(11)9(13)8(6)12/h1H,3H2. The number of rotatable bonds is 2. The van der Waals surface area contributed by atoms with E-state index in [1.54, 1.807) is 6.07 Å². The zero-order valence-corrected chi connectivity index (χ0v) is 6.70. The van der Waals surface area contributed by atoms with Gasteiger partial charge in [-0.3, -0.25) is 0 Å². The minimum Gasteiger partial charge on any atom is -0.477 e. The van der Waals surface area contributed by atoms with E-state index in [0.29, 0.717) is 0 Å². The molecule has 0 atom stereocenters. The number of terminal acetylenes is 1. The van der Waals surface area contributed by atoms with Crippen LogP contribution in [0.2, 0.25) is 0 Å². The summed E-state index contributed by atoms with van der Waals surface area (Å²) in [7, 11) is 0. The van der Waals surface area contributed by atoms with Crippen LogP contribution in [-0.4, -0.2) is 6.61 Å². The maximum atomic E-state index is 12.8. The summed E-state index contributed by atoms with van der Waals surface area (Å²) >= 11 is 0. The van der Waals surface area contributed by atoms with Gasteiger partial charge in [0.15, 0.2) is 17.4 Å². The summed E-state index contributed by atoms with van der Waals surface area (Å²) in [4.78, 5) is 0. The van der Waals surface area contributed by atoms with Crippen LogP contribution in [0, 0.1) is 41.7 Å². The Morgan fingerprint density at radius 1 is 1.14 bits per heavy atom. The number of ether oxygens (including phenoxy) is 1. The Hall–Kier alpha value is -1.70. The molecule has 0 aliphatic carbocycles. The monoisotopic (exact) mass is 203 g/mol. The number of hydrogen-bond acceptors (Lipinski definition) is 1. The lowest BCUT2D eigenvalue weighted by molar-refractivity contribution is 0.320. The van der Waals surface area contributed by atoms with Gasteiger partial charge in [-0.1, -0.05) is 5.92 Å². The Morgan fingerprint density at radius 2 is 1.79 bits per heavy atom. The fraction of sp³-hybridized carbons (Fsp3) is 0.111. The van der Waals surface area contributed by atoms with E-state index >= 15 is 0 Å². The predicted molar refractivity (Wildman–Crippen MR) is 39.4 cm³/mol. The van der Waals surface area contributed by atoms with Crippen molar-refractivity contribution in [1.82, 2.24) is 0 Å². The highest BCUT2D eigenvalue weighted by molar-refractivity contribution is 5.26. The Labute approximate surface area is 77.3 Å². The first-order valence-electron chi connectivity index (χ1n) is 3.39. The summed E-state index contributed by atoms with van der Waals surface area (Å²) in [5.74, 6) is -6.12. The molecule has 1 aromatic rings. The van der Waals surface area contributed by atoms with E-state index in [4.69, 9.17) is 6.42 Å². The van der Waals surface area contributed by atoms with Crippen molar-refractivity contribution in [3.63, 3.8) is 0 Å². The van der Waals surface area contributed by atoms with Gasteiger partial charge in [-0.15, -0.1) is 6.42 Å². The van der Waals surface area contributed by atoms with Crippen molar-refractivity contribution in [3.8, 4) is 18.1 Å². The molecule has 1 rings (SSSR count). The Morgan fingerprint density at radius 3 is 2.36 bits per heavy atom. The van der Waals surface area contributed by atoms with Gasteiger partial charge < -0.3 is 4.74 Å². The molecule has 0 spiro atoms. The quantitative estimate of drug-likeness (QED) is 0.309. The van der Waals surface area contributed by atoms with Crippen LogP contribution in [0.4, 0.5) is 17.6 Å². The molecule has 0 N–H and O–H groups in total. The normalized spacial score (nSPS) is 9.64. The fourth-order valence-corrected chi connectivity index (χ4v) is 0.715. The average molecular weight is 203 g/mol. The summed E-state index contributed by atoms with van der Waals surface area (Å²) in [5.41, 5.74) is 0. The maximum absolute atomic E-state index is 12.8. The SMILES string of the molecule is C#CCOc1[c]c(F)c(F)c(F)c1F. The lowest BCUT2D eigenvalue weighted by Crippen LogP contribution is -2.02. The fourth-order valence-electron chi connectivity index (χ4n) is 0.715. The van der Waals surface area contributed by atoms with E-state index in [1.165, 1.54) is 0 Å². The topological polar surface area (TPSA) is 9.23 Å². The van der Waals surface area contributed by atoms with Gasteiger partial charge in [0, 0.05) is 0 Å². The Bertz CT molecular complexity index is 395. The van der Waals surface area contributed by atoms with E-state index in [2.05, 4.69) is 4.74 Å². The lowest BCUT2D eigenvalue weighted by Gasteiger charge is -2.04. The van der Waals surface area contributed by atoms with Gasteiger partial charge in [-0.2, -0.15) is 4.39 Å². The van der Waals surface area contributed by atoms with Crippen molar-refractivity contribution < 1.29 is 22.3 Å². The maximum Gasteiger partial charge on any atom is 0.204 e. The molecule has 0 saturated heterocycles. The van der Waals surface area contributed by atoms with Crippen LogP contribution in [0.1, 0.15) is 0 Å². The largest absolute Gasteiger partial charge is 0.477 e. The zero-order chi connectivity index (χ0) is 10.7. The molecule has 0 unspecified atom stereocenters. The van der Waals surface area contributed by atoms with Crippen molar-refractivity contribution in [1.29, 1.82) is 0 Å². The molecule has 1 aromatic carbocycles. The molecule has 0 heterocycles. The highest BCUT2D eigenvalue weighted by Crippen LogP contribution is 2.23. The molecule has 0 saturated carbocycles. The summed E-state index contributed by atoms with van der Waals surface area (Å²) in [6.07, 6.45) is 4.76. The first kappa shape index (κ1) is 10.4. The van der Waals surface area contributed by atoms with Crippen molar-refractivity contribution in [2.75, 3.05) is 6.61 Å². The van der Waals surface area contributed by atoms with Crippen molar-refractivity contribution >= 4 is 0 Å². The molecule has 0 aliphatic rings. The van der Waals surface area contributed by atoms with E-state index in [0.717, 1.165) is 0 Å². The first-order valence-corrected chi connectivity index (χ1v) is 3.39. The summed E-state index contributed by atoms with van der Waals surface area (Å²) < 4.78 is 54.5. The molecule has 1 nitrogen and oxygen atoms in total. The molecule has 0 amide bonds. The van der Waals surface area contributed by atoms with E-state index in [-0.39, 0.29) is 0 Å². The van der Waals surface area contributed by atoms with Gasteiger partial charge in [0.25, 0.3) is 0 Å². The van der Waals surface area contributed by atoms with E-state index in [9.17, 15) is 17.6 Å². The van der Waals surface area contributed by atoms with Crippen LogP contribution in [0.25, 0.3) is 0 Å². The third kappa shape index (κ3) is 1.79. The Balaban J connectivity index is 3.14. The summed E-state index contributed by atoms with van der Waals surface area (Å²) in [5, 5.41) is 0. The third-order valence-electron chi connectivity index (χ3n) is 1.30. The minimum atomic E-state index is -1.95. The highest BCUT2D eigenvalue weighted by atomic mass is 19.2. The number of benzene rings is 1. The van der Waals surface area contributed by atoms with Crippen LogP contribution in [-0.2, 0) is 0 Å². The molecule has 0 aliphatic heterocycles. The van der Waals surface area contributed by atoms with Gasteiger partial charge in [-0.05, 0) is 0 Å². The van der Waals surface area contributed by atoms with Crippen molar-refractivity contribution in [3.05, 3.63) is 29.3 Å². The second-order valence-electron chi connectivity index (χ2n) is 2.20. The molecule has 5 heteroatoms. The molecule has 14 heavy (non-hydrogen) atoms. The van der Waals surface area contributed by atoms with E-state index < -0.39 is 35.6 Å². The van der Waals surface area contributed by atoms with Crippen LogP contribution in [0.5, 0.6) is 5.75 Å². The minimum absolute atomic E-state index is 0.391. The van der Waals surface area contributed by atoms with Crippen LogP contribution >= 0.6 is 0 Å². The summed E-state index contributed by atoms with van der Waals surface area (Å²) in [6, 6.07) is 1.55. The Kier molecular flexibility index (Phi) is 2.97. The van der Waals surface area contributed by atoms with Gasteiger partial charge in [-0.25, -0.2) is 13.2 Å². The smallest absolute Gasteiger partial charge is 0.204 e. The zero-order valence-electron chi connectivity index (χ0n) is 6.70. The van der Waals surface area contributed by atoms with Gasteiger partial charge in [0.1, 0.15) is 6.61 Å². The van der Waals surface area contributed by atoms with Crippen LogP contribution in [0.3, 0.4) is 0 Å². The average Bonchev–Trinajstić information content (AvgIpc) is 2.18. The second kappa shape index (κ2) is 4.01. The predicted octanol–water partition coefficient (Wildman–Crippen LogP) is 2.06. The highest BCUT2D eigenvalue weighted by Gasteiger charge is 2.20. The summed E-state index contributed by atoms with van der Waals surface area (Å²) in [6.45, 7) is -0.391. The van der Waals surface area contributed by atoms with Crippen LogP contribution in [0.15, 0.2) is 0 Å². The third-order valence-corrected chi connectivity index (χ3v) is 1.30. The number of halogens is 4. The lowest BCUT2D eigenvalue weighted by atomic mass is 10.3. The molecule has 0 aromatic heterocycles. The molecule has 73 valence electrons. The van der Waals surface area contributed by atoms with Gasteiger partial charge in [0.05, 0.1) is 6.07 Å². The molecule has 1 radical (unpaired) electrons.